The average Bonchev–Trinajstić information content (AvgIpc) is 3.07. The minimum atomic E-state index is -0.645. The molecule has 0 spiro atoms. The topological polar surface area (TPSA) is 98.7 Å². The van der Waals surface area contributed by atoms with Crippen LogP contribution in [-0.4, -0.2) is 40.4 Å². The minimum Gasteiger partial charge on any atom is -0.344 e. The Morgan fingerprint density at radius 3 is 2.42 bits per heavy atom. The van der Waals surface area contributed by atoms with E-state index >= 15 is 0 Å². The molecule has 1 fully saturated rings. The molecule has 0 bridgehead atoms. The number of carbonyl (C=O) groups excluding carboxylic acids is 3. The average molecular weight is 522 g/mol. The van der Waals surface area contributed by atoms with Crippen LogP contribution in [0.15, 0.2) is 48.5 Å². The van der Waals surface area contributed by atoms with Crippen molar-refractivity contribution in [3.63, 3.8) is 0 Å². The van der Waals surface area contributed by atoms with Crippen molar-refractivity contribution in [1.82, 2.24) is 15.7 Å². The van der Waals surface area contributed by atoms with Gasteiger partial charge in [-0.05, 0) is 67.7 Å². The Labute approximate surface area is 227 Å². The van der Waals surface area contributed by atoms with Gasteiger partial charge in [0.2, 0.25) is 17.7 Å². The second-order valence-electron chi connectivity index (χ2n) is 11.0. The maximum Gasteiger partial charge on any atom is 0.247 e. The third-order valence-corrected chi connectivity index (χ3v) is 7.38. The van der Waals surface area contributed by atoms with E-state index in [2.05, 4.69) is 48.6 Å². The molecule has 2 aromatic rings. The zero-order chi connectivity index (χ0) is 27.7. The molecule has 0 aliphatic carbocycles. The van der Waals surface area contributed by atoms with Gasteiger partial charge < -0.3 is 10.2 Å². The second-order valence-corrected chi connectivity index (χ2v) is 11.0. The third-order valence-electron chi connectivity index (χ3n) is 7.38. The Hall–Kier alpha value is -3.19. The molecule has 206 valence electrons. The zero-order valence-corrected chi connectivity index (χ0v) is 23.2. The SMILES string of the molecule is CCCC(C(=O)NO)C(CC(C)C)C(=O)N[C@H]1CCCCN(Cc2cccc(-c3ccc(C)cc3)c2)C1=O. The van der Waals surface area contributed by atoms with Crippen LogP contribution in [0.5, 0.6) is 0 Å². The van der Waals surface area contributed by atoms with Crippen molar-refractivity contribution < 1.29 is 19.6 Å². The fourth-order valence-corrected chi connectivity index (χ4v) is 5.36. The van der Waals surface area contributed by atoms with E-state index in [1.54, 1.807) is 5.48 Å². The quantitative estimate of drug-likeness (QED) is 0.278. The van der Waals surface area contributed by atoms with Crippen molar-refractivity contribution in [3.05, 3.63) is 59.7 Å². The van der Waals surface area contributed by atoms with E-state index in [9.17, 15) is 19.6 Å². The number of hydrogen-bond acceptors (Lipinski definition) is 4. The molecule has 7 heteroatoms. The number of amides is 3. The standard InChI is InChI=1S/C31H43N3O4/c1-5-9-26(30(36)33-38)27(18-21(2)3)29(35)32-28-12-6-7-17-34(31(28)37)20-23-10-8-11-25(19-23)24-15-13-22(4)14-16-24/h8,10-11,13-16,19,21,26-28,38H,5-7,9,12,17-18,20H2,1-4H3,(H,32,35)(H,33,36)/t26?,27?,28-/m0/s1. The fraction of sp³-hybridized carbons (Fsp3) is 0.516. The summed E-state index contributed by atoms with van der Waals surface area (Å²) in [6, 6.07) is 16.0. The highest BCUT2D eigenvalue weighted by Gasteiger charge is 2.36. The van der Waals surface area contributed by atoms with E-state index < -0.39 is 23.8 Å². The van der Waals surface area contributed by atoms with Crippen LogP contribution in [0.1, 0.15) is 70.4 Å². The highest BCUT2D eigenvalue weighted by Crippen LogP contribution is 2.27. The first-order chi connectivity index (χ1) is 18.2. The number of likely N-dealkylation sites (tertiary alicyclic amines) is 1. The summed E-state index contributed by atoms with van der Waals surface area (Å²) in [5.41, 5.74) is 6.24. The van der Waals surface area contributed by atoms with Gasteiger partial charge in [0, 0.05) is 19.0 Å². The van der Waals surface area contributed by atoms with Crippen LogP contribution < -0.4 is 10.8 Å². The molecule has 3 amide bonds. The number of rotatable bonds is 11. The summed E-state index contributed by atoms with van der Waals surface area (Å²) in [5, 5.41) is 12.3. The highest BCUT2D eigenvalue weighted by atomic mass is 16.5. The van der Waals surface area contributed by atoms with Gasteiger partial charge in [0.05, 0.1) is 5.92 Å². The number of nitrogens with one attached hydrogen (secondary N) is 2. The van der Waals surface area contributed by atoms with E-state index in [-0.39, 0.29) is 17.7 Å². The van der Waals surface area contributed by atoms with Gasteiger partial charge in [0.1, 0.15) is 6.04 Å². The number of nitrogens with zero attached hydrogens (tertiary/aromatic N) is 1. The monoisotopic (exact) mass is 521 g/mol. The highest BCUT2D eigenvalue weighted by molar-refractivity contribution is 5.91. The van der Waals surface area contributed by atoms with E-state index in [1.807, 2.05) is 37.8 Å². The molecule has 0 saturated carbocycles. The van der Waals surface area contributed by atoms with E-state index in [0.717, 1.165) is 29.5 Å². The normalized spacial score (nSPS) is 17.6. The lowest BCUT2D eigenvalue weighted by Crippen LogP contribution is -2.51. The van der Waals surface area contributed by atoms with Gasteiger partial charge in [0.25, 0.3) is 0 Å². The van der Waals surface area contributed by atoms with Gasteiger partial charge in [-0.15, -0.1) is 0 Å². The van der Waals surface area contributed by atoms with Crippen LogP contribution in [0.3, 0.4) is 0 Å². The first kappa shape index (κ1) is 29.4. The van der Waals surface area contributed by atoms with Crippen LogP contribution in [0.4, 0.5) is 0 Å². The number of carbonyl (C=O) groups is 3. The Morgan fingerprint density at radius 2 is 1.76 bits per heavy atom. The van der Waals surface area contributed by atoms with Crippen LogP contribution in [0, 0.1) is 24.7 Å². The molecule has 3 atom stereocenters. The lowest BCUT2D eigenvalue weighted by atomic mass is 9.81. The largest absolute Gasteiger partial charge is 0.344 e. The number of aryl methyl sites for hydroxylation is 1. The van der Waals surface area contributed by atoms with Crippen molar-refractivity contribution in [3.8, 4) is 11.1 Å². The summed E-state index contributed by atoms with van der Waals surface area (Å²) < 4.78 is 0. The van der Waals surface area contributed by atoms with E-state index in [4.69, 9.17) is 0 Å². The number of benzene rings is 2. The fourth-order valence-electron chi connectivity index (χ4n) is 5.36. The van der Waals surface area contributed by atoms with Crippen molar-refractivity contribution in [2.24, 2.45) is 17.8 Å². The van der Waals surface area contributed by atoms with Crippen molar-refractivity contribution >= 4 is 17.7 Å². The molecule has 3 N–H and O–H groups in total. The van der Waals surface area contributed by atoms with Crippen molar-refractivity contribution in [2.45, 2.75) is 78.8 Å². The molecule has 2 aromatic carbocycles. The molecular weight excluding hydrogens is 478 g/mol. The summed E-state index contributed by atoms with van der Waals surface area (Å²) in [4.78, 5) is 41.4. The molecule has 0 radical (unpaired) electrons. The Morgan fingerprint density at radius 1 is 1.03 bits per heavy atom. The predicted octanol–water partition coefficient (Wildman–Crippen LogP) is 5.24. The molecule has 1 aliphatic rings. The summed E-state index contributed by atoms with van der Waals surface area (Å²) >= 11 is 0. The van der Waals surface area contributed by atoms with Gasteiger partial charge in [-0.25, -0.2) is 5.48 Å². The van der Waals surface area contributed by atoms with Gasteiger partial charge in [-0.1, -0.05) is 75.2 Å². The smallest absolute Gasteiger partial charge is 0.247 e. The maximum absolute atomic E-state index is 13.6. The number of hydroxylamine groups is 1. The van der Waals surface area contributed by atoms with Crippen molar-refractivity contribution in [1.29, 1.82) is 0 Å². The molecular formula is C31H43N3O4. The van der Waals surface area contributed by atoms with Crippen LogP contribution >= 0.6 is 0 Å². The molecule has 3 rings (SSSR count). The van der Waals surface area contributed by atoms with Crippen LogP contribution in [0.25, 0.3) is 11.1 Å². The van der Waals surface area contributed by atoms with Crippen LogP contribution in [-0.2, 0) is 20.9 Å². The predicted molar refractivity (Wildman–Crippen MR) is 149 cm³/mol. The molecule has 7 nitrogen and oxygen atoms in total. The van der Waals surface area contributed by atoms with E-state index in [1.165, 1.54) is 5.56 Å². The molecule has 2 unspecified atom stereocenters. The first-order valence-electron chi connectivity index (χ1n) is 13.9. The third kappa shape index (κ3) is 7.90. The molecule has 0 aromatic heterocycles. The molecule has 1 saturated heterocycles. The van der Waals surface area contributed by atoms with Gasteiger partial charge in [-0.2, -0.15) is 0 Å². The molecule has 1 aliphatic heterocycles. The first-order valence-corrected chi connectivity index (χ1v) is 13.9. The maximum atomic E-state index is 13.6. The van der Waals surface area contributed by atoms with E-state index in [0.29, 0.717) is 38.8 Å². The Bertz CT molecular complexity index is 1080. The summed E-state index contributed by atoms with van der Waals surface area (Å²) in [7, 11) is 0. The molecule has 1 heterocycles. The lowest BCUT2D eigenvalue weighted by molar-refractivity contribution is -0.143. The minimum absolute atomic E-state index is 0.0847. The van der Waals surface area contributed by atoms with Crippen LogP contribution in [0.2, 0.25) is 0 Å². The van der Waals surface area contributed by atoms with Gasteiger partial charge >= 0.3 is 0 Å². The molecule has 38 heavy (non-hydrogen) atoms. The summed E-state index contributed by atoms with van der Waals surface area (Å²) in [5.74, 6) is -2.00. The number of hydrogen-bond donors (Lipinski definition) is 3. The van der Waals surface area contributed by atoms with Gasteiger partial charge in [-0.3, -0.25) is 19.6 Å². The Balaban J connectivity index is 1.75. The van der Waals surface area contributed by atoms with Crippen molar-refractivity contribution in [2.75, 3.05) is 6.54 Å². The second kappa shape index (κ2) is 14.1. The Kier molecular flexibility index (Phi) is 10.9. The summed E-state index contributed by atoms with van der Waals surface area (Å²) in [6.45, 7) is 9.14. The van der Waals surface area contributed by atoms with Gasteiger partial charge in [0.15, 0.2) is 0 Å². The lowest BCUT2D eigenvalue weighted by Gasteiger charge is -2.29. The zero-order valence-electron chi connectivity index (χ0n) is 23.2. The summed E-state index contributed by atoms with van der Waals surface area (Å²) in [6.07, 6.45) is 3.97.